The Morgan fingerprint density at radius 2 is 1.78 bits per heavy atom. The van der Waals surface area contributed by atoms with Gasteiger partial charge in [-0.3, -0.25) is 14.9 Å². The molecule has 4 nitrogen and oxygen atoms in total. The van der Waals surface area contributed by atoms with Gasteiger partial charge in [-0.05, 0) is 80.4 Å². The molecular weight excluding hydrogens is 308 g/mol. The normalized spacial score (nSPS) is 16.3. The summed E-state index contributed by atoms with van der Waals surface area (Å²) in [6.07, 6.45) is 1.78. The fourth-order valence-corrected chi connectivity index (χ4v) is 3.43. The number of amides is 2. The van der Waals surface area contributed by atoms with Gasteiger partial charge in [0.1, 0.15) is 0 Å². The molecule has 0 aliphatic carbocycles. The minimum atomic E-state index is -0.323. The maximum absolute atomic E-state index is 11.7. The number of hydrogen-bond donors (Lipinski definition) is 1. The lowest BCUT2D eigenvalue weighted by atomic mass is 10.1. The molecule has 1 aromatic carbocycles. The molecule has 1 aliphatic heterocycles. The van der Waals surface area contributed by atoms with E-state index in [4.69, 9.17) is 0 Å². The summed E-state index contributed by atoms with van der Waals surface area (Å²) in [4.78, 5) is 23.4. The number of carbonyl (C=O) groups excluding carboxylic acids is 2. The summed E-state index contributed by atoms with van der Waals surface area (Å²) < 4.78 is 2.16. The van der Waals surface area contributed by atoms with E-state index >= 15 is 0 Å². The quantitative estimate of drug-likeness (QED) is 0.848. The number of benzene rings is 1. The maximum Gasteiger partial charge on any atom is 0.290 e. The van der Waals surface area contributed by atoms with Crippen LogP contribution in [-0.4, -0.2) is 15.7 Å². The molecule has 0 radical (unpaired) electrons. The minimum Gasteiger partial charge on any atom is -0.318 e. The van der Waals surface area contributed by atoms with Crippen LogP contribution in [0.4, 0.5) is 4.79 Å². The first kappa shape index (κ1) is 15.6. The van der Waals surface area contributed by atoms with Gasteiger partial charge in [-0.1, -0.05) is 6.07 Å². The lowest BCUT2D eigenvalue weighted by molar-refractivity contribution is -0.115. The molecule has 0 bridgehead atoms. The van der Waals surface area contributed by atoms with E-state index in [1.165, 1.54) is 11.1 Å². The van der Waals surface area contributed by atoms with E-state index in [1.807, 2.05) is 19.9 Å². The molecule has 3 rings (SSSR count). The maximum atomic E-state index is 11.7. The Hall–Kier alpha value is -2.27. The Morgan fingerprint density at radius 3 is 2.39 bits per heavy atom. The summed E-state index contributed by atoms with van der Waals surface area (Å²) >= 11 is 0.945. The van der Waals surface area contributed by atoms with E-state index in [2.05, 4.69) is 41.9 Å². The molecule has 0 unspecified atom stereocenters. The Balaban J connectivity index is 2.06. The van der Waals surface area contributed by atoms with Crippen molar-refractivity contribution >= 4 is 29.0 Å². The van der Waals surface area contributed by atoms with Gasteiger partial charge in [0.05, 0.1) is 4.91 Å². The van der Waals surface area contributed by atoms with Crippen molar-refractivity contribution in [2.45, 2.75) is 27.7 Å². The Labute approximate surface area is 139 Å². The zero-order valence-corrected chi connectivity index (χ0v) is 14.4. The summed E-state index contributed by atoms with van der Waals surface area (Å²) in [5.74, 6) is -0.323. The van der Waals surface area contributed by atoms with Crippen molar-refractivity contribution in [1.29, 1.82) is 0 Å². The third-order valence-electron chi connectivity index (χ3n) is 4.15. The van der Waals surface area contributed by atoms with Crippen LogP contribution >= 0.6 is 11.8 Å². The number of rotatable bonds is 2. The zero-order chi connectivity index (χ0) is 16.7. The van der Waals surface area contributed by atoms with E-state index in [-0.39, 0.29) is 11.1 Å². The molecule has 118 valence electrons. The van der Waals surface area contributed by atoms with E-state index in [0.29, 0.717) is 4.91 Å². The molecule has 0 spiro atoms. The van der Waals surface area contributed by atoms with Crippen LogP contribution < -0.4 is 5.32 Å². The molecule has 1 fully saturated rings. The third-order valence-corrected chi connectivity index (χ3v) is 4.96. The number of imide groups is 1. The van der Waals surface area contributed by atoms with Gasteiger partial charge in [0.25, 0.3) is 11.1 Å². The van der Waals surface area contributed by atoms with Crippen molar-refractivity contribution in [2.75, 3.05) is 0 Å². The second-order valence-electron chi connectivity index (χ2n) is 5.78. The van der Waals surface area contributed by atoms with Crippen LogP contribution in [0.15, 0.2) is 29.2 Å². The number of nitrogens with zero attached hydrogens (tertiary/aromatic N) is 1. The van der Waals surface area contributed by atoms with Gasteiger partial charge in [0.15, 0.2) is 0 Å². The van der Waals surface area contributed by atoms with Crippen LogP contribution in [0.5, 0.6) is 0 Å². The van der Waals surface area contributed by atoms with Crippen LogP contribution in [0.1, 0.15) is 28.1 Å². The van der Waals surface area contributed by atoms with E-state index < -0.39 is 0 Å². The van der Waals surface area contributed by atoms with Crippen molar-refractivity contribution in [3.63, 3.8) is 0 Å². The predicted molar refractivity (Wildman–Crippen MR) is 93.8 cm³/mol. The van der Waals surface area contributed by atoms with Gasteiger partial charge in [0.2, 0.25) is 0 Å². The highest BCUT2D eigenvalue weighted by Gasteiger charge is 2.25. The topological polar surface area (TPSA) is 51.1 Å². The van der Waals surface area contributed by atoms with E-state index in [9.17, 15) is 9.59 Å². The summed E-state index contributed by atoms with van der Waals surface area (Å²) in [5.41, 5.74) is 6.70. The molecule has 1 aromatic heterocycles. The third kappa shape index (κ3) is 2.84. The summed E-state index contributed by atoms with van der Waals surface area (Å²) in [6, 6.07) is 8.40. The average molecular weight is 326 g/mol. The van der Waals surface area contributed by atoms with Crippen LogP contribution in [0.3, 0.4) is 0 Å². The van der Waals surface area contributed by atoms with Gasteiger partial charge in [-0.2, -0.15) is 0 Å². The van der Waals surface area contributed by atoms with Crippen molar-refractivity contribution in [3.05, 3.63) is 57.2 Å². The molecule has 0 saturated carbocycles. The first-order valence-corrected chi connectivity index (χ1v) is 8.20. The number of nitrogens with one attached hydrogen (secondary N) is 1. The molecule has 23 heavy (non-hydrogen) atoms. The first-order valence-electron chi connectivity index (χ1n) is 7.38. The standard InChI is InChI=1S/C18H18N2O2S/c1-10-5-6-15(7-11(10)2)20-12(3)8-14(13(20)4)9-16-17(21)19-18(22)23-16/h5-9H,1-4H3,(H,19,21,22)/b16-9+. The van der Waals surface area contributed by atoms with Crippen molar-refractivity contribution in [1.82, 2.24) is 9.88 Å². The SMILES string of the molecule is Cc1ccc(-n2c(C)cc(/C=C3/SC(=O)NC3=O)c2C)cc1C. The smallest absolute Gasteiger partial charge is 0.290 e. The number of hydrogen-bond acceptors (Lipinski definition) is 3. The Kier molecular flexibility index (Phi) is 3.90. The minimum absolute atomic E-state index is 0.316. The Bertz CT molecular complexity index is 862. The van der Waals surface area contributed by atoms with E-state index in [1.54, 1.807) is 6.08 Å². The fraction of sp³-hybridized carbons (Fsp3) is 0.222. The highest BCUT2D eigenvalue weighted by molar-refractivity contribution is 8.18. The van der Waals surface area contributed by atoms with Gasteiger partial charge in [-0.15, -0.1) is 0 Å². The molecule has 2 heterocycles. The monoisotopic (exact) mass is 326 g/mol. The first-order chi connectivity index (χ1) is 10.9. The number of aryl methyl sites for hydroxylation is 3. The molecule has 2 amide bonds. The lowest BCUT2D eigenvalue weighted by Gasteiger charge is -2.11. The van der Waals surface area contributed by atoms with Gasteiger partial charge >= 0.3 is 0 Å². The number of carbonyl (C=O) groups is 2. The number of thioether (sulfide) groups is 1. The van der Waals surface area contributed by atoms with Crippen LogP contribution in [0.25, 0.3) is 11.8 Å². The zero-order valence-electron chi connectivity index (χ0n) is 13.6. The predicted octanol–water partition coefficient (Wildman–Crippen LogP) is 4.03. The summed E-state index contributed by atoms with van der Waals surface area (Å²) in [6.45, 7) is 8.25. The average Bonchev–Trinajstić information content (AvgIpc) is 2.93. The summed E-state index contributed by atoms with van der Waals surface area (Å²) in [7, 11) is 0. The van der Waals surface area contributed by atoms with Gasteiger partial charge in [0, 0.05) is 17.1 Å². The molecule has 1 aliphatic rings. The van der Waals surface area contributed by atoms with Crippen molar-refractivity contribution in [2.24, 2.45) is 0 Å². The van der Waals surface area contributed by atoms with Gasteiger partial charge in [-0.25, -0.2) is 0 Å². The molecular formula is C18H18N2O2S. The summed E-state index contributed by atoms with van der Waals surface area (Å²) in [5, 5.41) is 1.97. The molecule has 1 saturated heterocycles. The van der Waals surface area contributed by atoms with Crippen molar-refractivity contribution < 1.29 is 9.59 Å². The Morgan fingerprint density at radius 1 is 1.04 bits per heavy atom. The molecule has 1 N–H and O–H groups in total. The highest BCUT2D eigenvalue weighted by atomic mass is 32.2. The van der Waals surface area contributed by atoms with Crippen LogP contribution in [-0.2, 0) is 4.79 Å². The fourth-order valence-electron chi connectivity index (χ4n) is 2.76. The van der Waals surface area contributed by atoms with E-state index in [0.717, 1.165) is 34.4 Å². The second-order valence-corrected chi connectivity index (χ2v) is 6.80. The molecule has 5 heteroatoms. The molecule has 0 atom stereocenters. The molecule has 2 aromatic rings. The lowest BCUT2D eigenvalue weighted by Crippen LogP contribution is -2.17. The van der Waals surface area contributed by atoms with Crippen LogP contribution in [0.2, 0.25) is 0 Å². The van der Waals surface area contributed by atoms with Crippen molar-refractivity contribution in [3.8, 4) is 5.69 Å². The highest BCUT2D eigenvalue weighted by Crippen LogP contribution is 2.29. The number of aromatic nitrogens is 1. The van der Waals surface area contributed by atoms with Gasteiger partial charge < -0.3 is 4.57 Å². The van der Waals surface area contributed by atoms with Crippen LogP contribution in [0, 0.1) is 27.7 Å². The largest absolute Gasteiger partial charge is 0.318 e. The second kappa shape index (κ2) is 5.74.